The third kappa shape index (κ3) is 11.4. The Balaban J connectivity index is 0.871. The molecule has 0 radical (unpaired) electrons. The summed E-state index contributed by atoms with van der Waals surface area (Å²) in [5.74, 6) is 2.07. The lowest BCUT2D eigenvalue weighted by molar-refractivity contribution is 0.0544. The molecule has 18 heteroatoms. The van der Waals surface area contributed by atoms with Crippen LogP contribution in [0.3, 0.4) is 0 Å². The number of aromatic nitrogens is 3. The molecule has 4 aromatic heterocycles. The van der Waals surface area contributed by atoms with Gasteiger partial charge in [0.15, 0.2) is 17.1 Å². The summed E-state index contributed by atoms with van der Waals surface area (Å²) in [7, 11) is -1.64. The first-order chi connectivity index (χ1) is 39.1. The van der Waals surface area contributed by atoms with Crippen LogP contribution in [0, 0.1) is 35.7 Å². The van der Waals surface area contributed by atoms with E-state index >= 15 is 4.39 Å². The van der Waals surface area contributed by atoms with Crippen LogP contribution in [0.1, 0.15) is 124 Å². The number of aryl methyl sites for hydroxylation is 1. The van der Waals surface area contributed by atoms with E-state index in [1.165, 1.54) is 42.1 Å². The number of amides is 1. The second-order valence-corrected chi connectivity index (χ2v) is 24.5. The van der Waals surface area contributed by atoms with Crippen LogP contribution in [0.5, 0.6) is 23.1 Å². The maximum absolute atomic E-state index is 15.2. The third-order valence-corrected chi connectivity index (χ3v) is 18.6. The molecular weight excluding hydrogens is 1050 g/mol. The van der Waals surface area contributed by atoms with Gasteiger partial charge >= 0.3 is 0 Å². The number of H-pyrrole nitrogens is 2. The number of rotatable bonds is 18. The van der Waals surface area contributed by atoms with Crippen molar-refractivity contribution in [1.82, 2.24) is 24.6 Å². The van der Waals surface area contributed by atoms with Crippen molar-refractivity contribution in [3.63, 3.8) is 0 Å². The molecule has 4 N–H and O–H groups in total. The van der Waals surface area contributed by atoms with Crippen LogP contribution in [-0.2, 0) is 16.4 Å². The highest BCUT2D eigenvalue weighted by molar-refractivity contribution is 7.90. The number of likely N-dealkylation sites (tertiary alicyclic amines) is 1. The average Bonchev–Trinajstić information content (AvgIpc) is 4.23. The summed E-state index contributed by atoms with van der Waals surface area (Å²) < 4.78 is 70.9. The number of hydrogen-bond acceptors (Lipinski definition) is 13. The molecule has 1 aliphatic carbocycles. The van der Waals surface area contributed by atoms with Gasteiger partial charge in [-0.1, -0.05) is 63.9 Å². The van der Waals surface area contributed by atoms with Crippen LogP contribution in [0.4, 0.5) is 21.5 Å². The highest BCUT2D eigenvalue weighted by Gasteiger charge is 2.38. The lowest BCUT2D eigenvalue weighted by Crippen LogP contribution is -2.49. The van der Waals surface area contributed by atoms with Crippen molar-refractivity contribution in [3.05, 3.63) is 130 Å². The Morgan fingerprint density at radius 3 is 2.46 bits per heavy atom. The van der Waals surface area contributed by atoms with Gasteiger partial charge in [-0.3, -0.25) is 9.69 Å². The number of benzene rings is 4. The minimum atomic E-state index is -4.64. The van der Waals surface area contributed by atoms with E-state index in [-0.39, 0.29) is 57.2 Å². The van der Waals surface area contributed by atoms with Gasteiger partial charge in [0.05, 0.1) is 46.5 Å². The van der Waals surface area contributed by atoms with Gasteiger partial charge in [0.1, 0.15) is 23.0 Å². The second-order valence-electron chi connectivity index (χ2n) is 22.9. The second kappa shape index (κ2) is 23.3. The predicted molar refractivity (Wildman–Crippen MR) is 317 cm³/mol. The van der Waals surface area contributed by atoms with Crippen molar-refractivity contribution in [2.24, 2.45) is 17.8 Å². The van der Waals surface area contributed by atoms with Gasteiger partial charge in [-0.25, -0.2) is 17.5 Å². The summed E-state index contributed by atoms with van der Waals surface area (Å²) in [4.78, 5) is 29.9. The van der Waals surface area contributed by atoms with E-state index in [2.05, 4.69) is 92.0 Å². The smallest absolute Gasteiger partial charge is 0.268 e. The van der Waals surface area contributed by atoms with Crippen LogP contribution in [0.25, 0.3) is 32.9 Å². The number of methoxy groups -OCH3 is 1. The lowest BCUT2D eigenvalue weighted by atomic mass is 9.79. The number of hydroxylamine groups is 1. The molecule has 1 saturated carbocycles. The molecule has 0 spiro atoms. The molecule has 11 rings (SSSR count). The molecule has 2 atom stereocenters. The van der Waals surface area contributed by atoms with Crippen molar-refractivity contribution in [2.75, 3.05) is 62.2 Å². The molecule has 2 saturated heterocycles. The first-order valence-corrected chi connectivity index (χ1v) is 30.2. The zero-order chi connectivity index (χ0) is 56.7. The van der Waals surface area contributed by atoms with E-state index < -0.39 is 21.7 Å². The molecule has 1 amide bonds. The topological polar surface area (TPSA) is 193 Å². The van der Waals surface area contributed by atoms with Crippen LogP contribution >= 0.6 is 0 Å². The first kappa shape index (κ1) is 55.6. The summed E-state index contributed by atoms with van der Waals surface area (Å²) in [6.07, 6.45) is 12.0. The summed E-state index contributed by atoms with van der Waals surface area (Å²) in [6.45, 7) is 13.8. The maximum Gasteiger partial charge on any atom is 0.268 e. The molecule has 4 aromatic carbocycles. The number of nitrogens with zero attached hydrogens (tertiary/aromatic N) is 4. The van der Waals surface area contributed by atoms with E-state index in [1.807, 2.05) is 13.0 Å². The van der Waals surface area contributed by atoms with Gasteiger partial charge in [-0.15, -0.1) is 0 Å². The van der Waals surface area contributed by atoms with Gasteiger partial charge in [-0.05, 0) is 149 Å². The van der Waals surface area contributed by atoms with Crippen LogP contribution in [0.15, 0.2) is 101 Å². The standard InChI is InChI=1S/C63H74FN8O8S/c1-8-78-63-56(33-50-51(64)36-67-61(50)68-63)80-55-32-44(18-19-47(55)62(73)69-81(75,76)57-34-53(70(6)74)59(58-48(57)21-25-65-58)66-35-40-15-13-38(4)14-16-40)71-26-23-43(24-27-71)72-28-22-41(31-52(72)46-12-10-9-11-45(46)37(2)3)30-42-17-20-54(77-7)60-49(42)29-39(5)79-60/h9-12,17-21,25,29,32-34,36-38,40-41,43,52,65-66H,8,13-16,22-24,26-28,30-31,35H2,1-7H3,(H,67,68)(H,69,73)/q-1/t38?,40?,41?,52-/m0/s1. The Morgan fingerprint density at radius 1 is 0.914 bits per heavy atom. The normalized spacial score (nSPS) is 19.4. The Kier molecular flexibility index (Phi) is 16.0. The largest absolute Gasteiger partial charge is 0.758 e. The number of halogens is 1. The molecule has 16 nitrogen and oxygen atoms in total. The summed E-state index contributed by atoms with van der Waals surface area (Å²) in [5, 5.41) is 18.9. The minimum Gasteiger partial charge on any atom is -0.758 e. The van der Waals surface area contributed by atoms with Crippen molar-refractivity contribution in [3.8, 4) is 23.1 Å². The molecule has 428 valence electrons. The van der Waals surface area contributed by atoms with E-state index in [0.717, 1.165) is 92.5 Å². The predicted octanol–water partition coefficient (Wildman–Crippen LogP) is 13.5. The molecule has 81 heavy (non-hydrogen) atoms. The number of fused-ring (bicyclic) bond motifs is 3. The fourth-order valence-corrected chi connectivity index (χ4v) is 14.1. The van der Waals surface area contributed by atoms with Gasteiger partial charge in [-0.2, -0.15) is 4.98 Å². The fraction of sp³-hybridized carbons (Fsp3) is 0.429. The van der Waals surface area contributed by atoms with Crippen molar-refractivity contribution >= 4 is 65.9 Å². The summed E-state index contributed by atoms with van der Waals surface area (Å²) >= 11 is 0. The van der Waals surface area contributed by atoms with Crippen LogP contribution < -0.4 is 34.2 Å². The van der Waals surface area contributed by atoms with Gasteiger partial charge in [0.2, 0.25) is 0 Å². The molecule has 3 aliphatic rings. The number of anilines is 3. The Morgan fingerprint density at radius 2 is 1.70 bits per heavy atom. The number of hydrogen-bond donors (Lipinski definition) is 4. The van der Waals surface area contributed by atoms with Crippen molar-refractivity contribution < 1.29 is 36.2 Å². The fourth-order valence-electron chi connectivity index (χ4n) is 12.9. The van der Waals surface area contributed by atoms with E-state index in [0.29, 0.717) is 71.0 Å². The van der Waals surface area contributed by atoms with Gasteiger partial charge in [0, 0.05) is 72.7 Å². The number of pyridine rings is 1. The molecule has 0 bridgehead atoms. The monoisotopic (exact) mass is 1120 g/mol. The molecular formula is C63H74FN8O8S-. The molecule has 2 aliphatic heterocycles. The number of aromatic amines is 2. The Bertz CT molecular complexity index is 3690. The van der Waals surface area contributed by atoms with Crippen molar-refractivity contribution in [1.29, 1.82) is 0 Å². The first-order valence-electron chi connectivity index (χ1n) is 28.7. The molecule has 1 unspecified atom stereocenters. The summed E-state index contributed by atoms with van der Waals surface area (Å²) in [6, 6.07) is 25.3. The van der Waals surface area contributed by atoms with Gasteiger partial charge < -0.3 is 49.1 Å². The van der Waals surface area contributed by atoms with Crippen LogP contribution in [0.2, 0.25) is 0 Å². The molecule has 3 fully saturated rings. The highest BCUT2D eigenvalue weighted by Crippen LogP contribution is 2.45. The van der Waals surface area contributed by atoms with Gasteiger partial charge in [0.25, 0.3) is 21.8 Å². The highest BCUT2D eigenvalue weighted by atomic mass is 32.2. The number of furan rings is 1. The quantitative estimate of drug-likeness (QED) is 0.0594. The Hall–Kier alpha value is -7.28. The third-order valence-electron chi connectivity index (χ3n) is 17.2. The minimum absolute atomic E-state index is 0.0101. The lowest BCUT2D eigenvalue weighted by Gasteiger charge is -2.47. The number of carbonyl (C=O) groups is 1. The number of nitrogens with one attached hydrogen (secondary N) is 4. The Labute approximate surface area is 473 Å². The van der Waals surface area contributed by atoms with E-state index in [9.17, 15) is 18.4 Å². The zero-order valence-electron chi connectivity index (χ0n) is 47.4. The number of piperidine rings is 2. The number of carbonyl (C=O) groups excluding carboxylic acids is 1. The summed E-state index contributed by atoms with van der Waals surface area (Å²) in [5.41, 5.74) is 6.78. The molecule has 8 aromatic rings. The maximum atomic E-state index is 15.2. The zero-order valence-corrected chi connectivity index (χ0v) is 48.2. The number of ether oxygens (including phenoxy) is 3. The average molecular weight is 1120 g/mol. The van der Waals surface area contributed by atoms with E-state index in [1.54, 1.807) is 44.5 Å². The molecule has 6 heterocycles. The van der Waals surface area contributed by atoms with E-state index in [4.69, 9.17) is 18.6 Å². The van der Waals surface area contributed by atoms with Crippen LogP contribution in [-0.4, -0.2) is 87.2 Å². The van der Waals surface area contributed by atoms with Crippen molar-refractivity contribution in [2.45, 2.75) is 115 Å². The SMILES string of the molecule is CCOc1nc2[nH]cc(F)c2cc1Oc1cc(N2CCC(N3CCC(Cc4ccc(OC)c5oc(C)cc45)C[C@H]3c3ccccc3C(C)C)CC2)ccc1C(=O)NS(=O)(=O)c1cc(N(C)[O-])c(NCC2CCC(C)CC2)c2[nH]ccc12. The number of sulfonamides is 1.